The van der Waals surface area contributed by atoms with E-state index in [0.717, 1.165) is 10.0 Å². The molecule has 0 aliphatic rings. The molecule has 126 valence electrons. The first-order chi connectivity index (χ1) is 11.2. The Morgan fingerprint density at radius 3 is 2.42 bits per heavy atom. The van der Waals surface area contributed by atoms with Crippen molar-refractivity contribution in [1.82, 2.24) is 0 Å². The molecule has 0 saturated carbocycles. The number of hydrogen-bond donors (Lipinski definition) is 1. The van der Waals surface area contributed by atoms with Gasteiger partial charge in [0.2, 0.25) is 5.91 Å². The molecule has 0 aliphatic heterocycles. The number of halogens is 4. The molecule has 0 fully saturated rings. The van der Waals surface area contributed by atoms with Gasteiger partial charge < -0.3 is 10.1 Å². The van der Waals surface area contributed by atoms with Gasteiger partial charge in [0.05, 0.1) is 0 Å². The summed E-state index contributed by atoms with van der Waals surface area (Å²) < 4.78 is 40.9. The largest absolute Gasteiger partial charge is 0.573 e. The maximum atomic E-state index is 12.1. The Balaban J connectivity index is 1.97. The van der Waals surface area contributed by atoms with Crippen LogP contribution in [0.2, 0.25) is 0 Å². The number of nitrogens with one attached hydrogen (secondary N) is 1. The number of carbonyl (C=O) groups is 1. The number of amides is 1. The van der Waals surface area contributed by atoms with E-state index < -0.39 is 6.36 Å². The average Bonchev–Trinajstić information content (AvgIpc) is 2.49. The van der Waals surface area contributed by atoms with Gasteiger partial charge in [0.1, 0.15) is 5.75 Å². The molecule has 1 amide bonds. The molecule has 0 saturated heterocycles. The fraction of sp³-hybridized carbons (Fsp3) is 0.118. The van der Waals surface area contributed by atoms with Crippen molar-refractivity contribution in [3.8, 4) is 5.75 Å². The number of hydrogen-bond acceptors (Lipinski definition) is 2. The van der Waals surface area contributed by atoms with Crippen molar-refractivity contribution in [2.45, 2.75) is 13.3 Å². The zero-order valence-electron chi connectivity index (χ0n) is 12.5. The molecule has 2 aromatic carbocycles. The van der Waals surface area contributed by atoms with E-state index in [9.17, 15) is 18.0 Å². The number of alkyl halides is 3. The van der Waals surface area contributed by atoms with Crippen LogP contribution in [0.15, 0.2) is 53.0 Å². The fourth-order valence-electron chi connectivity index (χ4n) is 1.86. The van der Waals surface area contributed by atoms with E-state index >= 15 is 0 Å². The molecule has 2 rings (SSSR count). The van der Waals surface area contributed by atoms with Crippen molar-refractivity contribution < 1.29 is 22.7 Å². The molecule has 0 bridgehead atoms. The Labute approximate surface area is 145 Å². The smallest absolute Gasteiger partial charge is 0.406 e. The molecule has 0 aliphatic carbocycles. The summed E-state index contributed by atoms with van der Waals surface area (Å²) in [4.78, 5) is 11.9. The van der Waals surface area contributed by atoms with Gasteiger partial charge in [0.25, 0.3) is 0 Å². The van der Waals surface area contributed by atoms with Crippen LogP contribution >= 0.6 is 15.9 Å². The normalized spacial score (nSPS) is 11.5. The first kappa shape index (κ1) is 18.1. The lowest BCUT2D eigenvalue weighted by molar-refractivity contribution is -0.274. The number of benzene rings is 2. The summed E-state index contributed by atoms with van der Waals surface area (Å²) in [6.45, 7) is 1.90. The highest BCUT2D eigenvalue weighted by Crippen LogP contribution is 2.23. The molecule has 0 radical (unpaired) electrons. The Hall–Kier alpha value is -2.28. The van der Waals surface area contributed by atoms with Crippen LogP contribution in [0.3, 0.4) is 0 Å². The van der Waals surface area contributed by atoms with Gasteiger partial charge in [0, 0.05) is 16.2 Å². The third-order valence-electron chi connectivity index (χ3n) is 2.97. The van der Waals surface area contributed by atoms with Gasteiger partial charge in [-0.05, 0) is 54.5 Å². The minimum atomic E-state index is -4.72. The van der Waals surface area contributed by atoms with Crippen LogP contribution in [0, 0.1) is 6.92 Å². The van der Waals surface area contributed by atoms with Gasteiger partial charge in [-0.3, -0.25) is 4.79 Å². The van der Waals surface area contributed by atoms with Crippen LogP contribution in [-0.2, 0) is 4.79 Å². The summed E-state index contributed by atoms with van der Waals surface area (Å²) in [7, 11) is 0. The fourth-order valence-corrected chi connectivity index (χ4v) is 2.11. The van der Waals surface area contributed by atoms with Crippen LogP contribution in [-0.4, -0.2) is 12.3 Å². The monoisotopic (exact) mass is 399 g/mol. The predicted molar refractivity (Wildman–Crippen MR) is 89.7 cm³/mol. The molecule has 0 atom stereocenters. The van der Waals surface area contributed by atoms with Crippen LogP contribution < -0.4 is 10.1 Å². The summed E-state index contributed by atoms with van der Waals surface area (Å²) in [6.07, 6.45) is -1.92. The Bertz CT molecular complexity index is 755. The highest BCUT2D eigenvalue weighted by Gasteiger charge is 2.30. The molecule has 24 heavy (non-hydrogen) atoms. The molecule has 0 spiro atoms. The molecular weight excluding hydrogens is 387 g/mol. The number of aryl methyl sites for hydroxylation is 1. The van der Waals surface area contributed by atoms with Crippen LogP contribution in [0.5, 0.6) is 5.75 Å². The van der Waals surface area contributed by atoms with Gasteiger partial charge in [-0.25, -0.2) is 0 Å². The van der Waals surface area contributed by atoms with Gasteiger partial charge in [0.15, 0.2) is 0 Å². The maximum absolute atomic E-state index is 12.1. The van der Waals surface area contributed by atoms with E-state index in [-0.39, 0.29) is 11.7 Å². The Morgan fingerprint density at radius 2 is 1.83 bits per heavy atom. The number of anilines is 1. The molecule has 7 heteroatoms. The summed E-state index contributed by atoms with van der Waals surface area (Å²) in [5.41, 5.74) is 2.21. The molecule has 2 aromatic rings. The minimum absolute atomic E-state index is 0.311. The van der Waals surface area contributed by atoms with E-state index in [1.54, 1.807) is 6.07 Å². The first-order valence-electron chi connectivity index (χ1n) is 6.84. The Morgan fingerprint density at radius 1 is 1.17 bits per heavy atom. The lowest BCUT2D eigenvalue weighted by Gasteiger charge is -2.08. The highest BCUT2D eigenvalue weighted by molar-refractivity contribution is 9.10. The zero-order chi connectivity index (χ0) is 17.7. The van der Waals surface area contributed by atoms with E-state index in [1.165, 1.54) is 36.4 Å². The summed E-state index contributed by atoms with van der Waals surface area (Å²) >= 11 is 3.37. The second-order valence-electron chi connectivity index (χ2n) is 4.90. The second-order valence-corrected chi connectivity index (χ2v) is 5.76. The van der Waals surface area contributed by atoms with Gasteiger partial charge in [-0.15, -0.1) is 13.2 Å². The van der Waals surface area contributed by atoms with Crippen LogP contribution in [0.4, 0.5) is 18.9 Å². The van der Waals surface area contributed by atoms with E-state index in [2.05, 4.69) is 26.0 Å². The molecule has 1 N–H and O–H groups in total. The van der Waals surface area contributed by atoms with E-state index in [0.29, 0.717) is 11.3 Å². The third kappa shape index (κ3) is 5.73. The standard InChI is InChI=1S/C17H13BrF3NO2/c1-11-10-13(5-8-15(11)18)22-16(23)9-4-12-2-6-14(7-3-12)24-17(19,20)21/h2-10H,1H3,(H,22,23). The molecule has 0 heterocycles. The van der Waals surface area contributed by atoms with Crippen LogP contribution in [0.1, 0.15) is 11.1 Å². The van der Waals surface area contributed by atoms with Crippen molar-refractivity contribution in [3.63, 3.8) is 0 Å². The van der Waals surface area contributed by atoms with Crippen molar-refractivity contribution in [1.29, 1.82) is 0 Å². The van der Waals surface area contributed by atoms with Gasteiger partial charge in [-0.1, -0.05) is 28.1 Å². The number of rotatable bonds is 4. The molecule has 3 nitrogen and oxygen atoms in total. The predicted octanol–water partition coefficient (Wildman–Crippen LogP) is 5.31. The molecular formula is C17H13BrF3NO2. The molecule has 0 aromatic heterocycles. The van der Waals surface area contributed by atoms with Crippen molar-refractivity contribution in [2.75, 3.05) is 5.32 Å². The summed E-state index contributed by atoms with van der Waals surface area (Å²) in [5.74, 6) is -0.651. The molecule has 0 unspecified atom stereocenters. The van der Waals surface area contributed by atoms with Crippen molar-refractivity contribution in [2.24, 2.45) is 0 Å². The quantitative estimate of drug-likeness (QED) is 0.707. The number of carbonyl (C=O) groups excluding carboxylic acids is 1. The topological polar surface area (TPSA) is 38.3 Å². The average molecular weight is 400 g/mol. The van der Waals surface area contributed by atoms with Crippen molar-refractivity contribution >= 4 is 33.6 Å². The van der Waals surface area contributed by atoms with Crippen LogP contribution in [0.25, 0.3) is 6.08 Å². The number of ether oxygens (including phenoxy) is 1. The zero-order valence-corrected chi connectivity index (χ0v) is 14.1. The third-order valence-corrected chi connectivity index (χ3v) is 3.86. The highest BCUT2D eigenvalue weighted by atomic mass is 79.9. The Kier molecular flexibility index (Phi) is 5.66. The lowest BCUT2D eigenvalue weighted by Crippen LogP contribution is -2.16. The van der Waals surface area contributed by atoms with E-state index in [4.69, 9.17) is 0 Å². The first-order valence-corrected chi connectivity index (χ1v) is 7.63. The summed E-state index contributed by atoms with van der Waals surface area (Å²) in [6, 6.07) is 10.6. The van der Waals surface area contributed by atoms with Crippen molar-refractivity contribution in [3.05, 3.63) is 64.1 Å². The van der Waals surface area contributed by atoms with Gasteiger partial charge >= 0.3 is 6.36 Å². The SMILES string of the molecule is Cc1cc(NC(=O)C=Cc2ccc(OC(F)(F)F)cc2)ccc1Br. The maximum Gasteiger partial charge on any atom is 0.573 e. The van der Waals surface area contributed by atoms with E-state index in [1.807, 2.05) is 19.1 Å². The lowest BCUT2D eigenvalue weighted by atomic mass is 10.2. The minimum Gasteiger partial charge on any atom is -0.406 e. The summed E-state index contributed by atoms with van der Waals surface area (Å²) in [5, 5.41) is 2.70. The second kappa shape index (κ2) is 7.53. The van der Waals surface area contributed by atoms with Gasteiger partial charge in [-0.2, -0.15) is 0 Å².